The van der Waals surface area contributed by atoms with Crippen molar-refractivity contribution < 1.29 is 9.90 Å². The number of benzene rings is 1. The summed E-state index contributed by atoms with van der Waals surface area (Å²) in [7, 11) is 0. The largest absolute Gasteiger partial charge is 0.394 e. The first-order valence-electron chi connectivity index (χ1n) is 9.05. The highest BCUT2D eigenvalue weighted by atomic mass is 16.3. The summed E-state index contributed by atoms with van der Waals surface area (Å²) < 4.78 is 1.91. The lowest BCUT2D eigenvalue weighted by Gasteiger charge is -2.23. The number of aliphatic hydroxyl groups excluding tert-OH is 1. The number of hydrogen-bond donors (Lipinski definition) is 2. The quantitative estimate of drug-likeness (QED) is 0.878. The van der Waals surface area contributed by atoms with Gasteiger partial charge in [0.2, 0.25) is 0 Å². The van der Waals surface area contributed by atoms with Gasteiger partial charge in [0.1, 0.15) is 0 Å². The normalized spacial score (nSPS) is 20.0. The minimum atomic E-state index is -0.0956. The van der Waals surface area contributed by atoms with E-state index in [9.17, 15) is 9.90 Å². The van der Waals surface area contributed by atoms with Crippen molar-refractivity contribution in [1.29, 1.82) is 0 Å². The molecule has 1 saturated heterocycles. The number of nitrogens with one attached hydrogen (secondary N) is 1. The number of carbonyl (C=O) groups excluding carboxylic acids is 1. The summed E-state index contributed by atoms with van der Waals surface area (Å²) in [4.78, 5) is 14.0. The third-order valence-electron chi connectivity index (χ3n) is 5.10. The smallest absolute Gasteiger partial charge is 0.317 e. The van der Waals surface area contributed by atoms with Gasteiger partial charge in [-0.2, -0.15) is 5.10 Å². The predicted molar refractivity (Wildman–Crippen MR) is 94.6 cm³/mol. The Hall–Kier alpha value is -2.34. The maximum absolute atomic E-state index is 12.2. The average molecular weight is 340 g/mol. The lowest BCUT2D eigenvalue weighted by molar-refractivity contribution is 0.157. The lowest BCUT2D eigenvalue weighted by Crippen LogP contribution is -2.43. The summed E-state index contributed by atoms with van der Waals surface area (Å²) >= 11 is 0. The molecule has 2 N–H and O–H groups in total. The van der Waals surface area contributed by atoms with Crippen LogP contribution in [-0.2, 0) is 6.54 Å². The molecule has 25 heavy (non-hydrogen) atoms. The Balaban J connectivity index is 1.34. The highest BCUT2D eigenvalue weighted by Gasteiger charge is 2.28. The molecule has 4 rings (SSSR count). The molecule has 2 heterocycles. The predicted octanol–water partition coefficient (Wildman–Crippen LogP) is 2.42. The van der Waals surface area contributed by atoms with Gasteiger partial charge in [-0.3, -0.25) is 0 Å². The monoisotopic (exact) mass is 340 g/mol. The van der Waals surface area contributed by atoms with E-state index in [1.165, 1.54) is 18.5 Å². The molecule has 6 heteroatoms. The highest BCUT2D eigenvalue weighted by molar-refractivity contribution is 5.74. The van der Waals surface area contributed by atoms with Crippen LogP contribution in [0.3, 0.4) is 0 Å². The number of carbonyl (C=O) groups is 1. The molecule has 0 spiro atoms. The molecular formula is C19H24N4O2. The molecule has 1 aromatic carbocycles. The Labute approximate surface area is 147 Å². The third-order valence-corrected chi connectivity index (χ3v) is 5.10. The molecule has 2 amide bonds. The maximum Gasteiger partial charge on any atom is 0.317 e. The molecule has 1 atom stereocenters. The van der Waals surface area contributed by atoms with Crippen molar-refractivity contribution in [2.75, 3.05) is 13.2 Å². The van der Waals surface area contributed by atoms with Crippen molar-refractivity contribution in [2.45, 2.75) is 44.2 Å². The molecule has 1 aliphatic heterocycles. The number of hydrogen-bond acceptors (Lipinski definition) is 3. The van der Waals surface area contributed by atoms with Crippen molar-refractivity contribution in [3.63, 3.8) is 0 Å². The van der Waals surface area contributed by atoms with E-state index in [2.05, 4.69) is 16.5 Å². The van der Waals surface area contributed by atoms with E-state index in [-0.39, 0.29) is 18.7 Å². The summed E-state index contributed by atoms with van der Waals surface area (Å²) in [5.41, 5.74) is 3.26. The third kappa shape index (κ3) is 3.54. The molecule has 132 valence electrons. The number of amides is 2. The molecule has 0 bridgehead atoms. The van der Waals surface area contributed by atoms with E-state index >= 15 is 0 Å². The molecule has 0 radical (unpaired) electrons. The summed E-state index contributed by atoms with van der Waals surface area (Å²) in [6.07, 6.45) is 6.35. The van der Waals surface area contributed by atoms with Gasteiger partial charge in [0, 0.05) is 25.2 Å². The summed E-state index contributed by atoms with van der Waals surface area (Å²) in [5.74, 6) is 0.657. The van der Waals surface area contributed by atoms with E-state index in [0.29, 0.717) is 12.5 Å². The first-order valence-corrected chi connectivity index (χ1v) is 9.05. The van der Waals surface area contributed by atoms with E-state index in [1.54, 1.807) is 4.90 Å². The lowest BCUT2D eigenvalue weighted by atomic mass is 10.2. The highest BCUT2D eigenvalue weighted by Crippen LogP contribution is 2.39. The Morgan fingerprint density at radius 3 is 2.72 bits per heavy atom. The second-order valence-corrected chi connectivity index (χ2v) is 6.96. The fourth-order valence-electron chi connectivity index (χ4n) is 3.42. The van der Waals surface area contributed by atoms with Gasteiger partial charge >= 0.3 is 6.03 Å². The molecular weight excluding hydrogens is 316 g/mol. The van der Waals surface area contributed by atoms with Crippen LogP contribution in [0.15, 0.2) is 36.5 Å². The van der Waals surface area contributed by atoms with Crippen LogP contribution >= 0.6 is 0 Å². The molecule has 1 saturated carbocycles. The summed E-state index contributed by atoms with van der Waals surface area (Å²) in [6.45, 7) is 1.24. The summed E-state index contributed by atoms with van der Waals surface area (Å²) in [6, 6.07) is 10.0. The van der Waals surface area contributed by atoms with E-state index in [0.717, 1.165) is 30.6 Å². The van der Waals surface area contributed by atoms with Crippen LogP contribution in [0.2, 0.25) is 0 Å². The Morgan fingerprint density at radius 1 is 1.20 bits per heavy atom. The second-order valence-electron chi connectivity index (χ2n) is 6.96. The number of aliphatic hydroxyl groups is 1. The number of nitrogens with zero attached hydrogens (tertiary/aromatic N) is 3. The van der Waals surface area contributed by atoms with E-state index in [1.807, 2.05) is 35.1 Å². The molecule has 1 aromatic heterocycles. The second kappa shape index (κ2) is 6.88. The van der Waals surface area contributed by atoms with Gasteiger partial charge in [0.05, 0.1) is 24.0 Å². The van der Waals surface area contributed by atoms with Crippen molar-refractivity contribution in [3.8, 4) is 5.69 Å². The molecule has 2 aliphatic rings. The minimum Gasteiger partial charge on any atom is -0.394 e. The zero-order chi connectivity index (χ0) is 17.2. The van der Waals surface area contributed by atoms with E-state index in [4.69, 9.17) is 0 Å². The first kappa shape index (κ1) is 16.1. The first-order chi connectivity index (χ1) is 12.2. The van der Waals surface area contributed by atoms with Crippen LogP contribution < -0.4 is 5.32 Å². The van der Waals surface area contributed by atoms with Crippen LogP contribution in [0.25, 0.3) is 5.69 Å². The molecule has 2 aromatic rings. The van der Waals surface area contributed by atoms with Crippen LogP contribution in [-0.4, -0.2) is 45.0 Å². The Morgan fingerprint density at radius 2 is 2.00 bits per heavy atom. The molecule has 6 nitrogen and oxygen atoms in total. The Bertz CT molecular complexity index is 736. The molecule has 1 unspecified atom stereocenters. The molecule has 2 fully saturated rings. The summed E-state index contributed by atoms with van der Waals surface area (Å²) in [5, 5.41) is 16.9. The zero-order valence-electron chi connectivity index (χ0n) is 14.3. The fraction of sp³-hybridized carbons (Fsp3) is 0.474. The minimum absolute atomic E-state index is 0.0365. The van der Waals surface area contributed by atoms with Crippen molar-refractivity contribution >= 4 is 6.03 Å². The number of likely N-dealkylation sites (tertiary alicyclic amines) is 1. The standard InChI is InChI=1S/C19H24N4O2/c24-13-17-2-1-10-22(17)19(25)20-12-14-3-7-16(8-4-14)23-11-9-18(21-23)15-5-6-15/h3-4,7-9,11,15,17,24H,1-2,5-6,10,12-13H2,(H,20,25). The fourth-order valence-corrected chi connectivity index (χ4v) is 3.42. The van der Waals surface area contributed by atoms with E-state index < -0.39 is 0 Å². The SMILES string of the molecule is O=C(NCc1ccc(-n2ccc(C3CC3)n2)cc1)N1CCCC1CO. The van der Waals surface area contributed by atoms with Crippen molar-refractivity contribution in [2.24, 2.45) is 0 Å². The average Bonchev–Trinajstić information content (AvgIpc) is 3.19. The number of rotatable bonds is 5. The zero-order valence-corrected chi connectivity index (χ0v) is 14.3. The van der Waals surface area contributed by atoms with Gasteiger partial charge in [0.25, 0.3) is 0 Å². The van der Waals surface area contributed by atoms with Crippen LogP contribution in [0.1, 0.15) is 42.9 Å². The van der Waals surface area contributed by atoms with Crippen molar-refractivity contribution in [3.05, 3.63) is 47.8 Å². The van der Waals surface area contributed by atoms with Crippen molar-refractivity contribution in [1.82, 2.24) is 20.0 Å². The number of aromatic nitrogens is 2. The van der Waals surface area contributed by atoms with Gasteiger partial charge in [-0.1, -0.05) is 12.1 Å². The number of urea groups is 1. The van der Waals surface area contributed by atoms with Gasteiger partial charge < -0.3 is 15.3 Å². The van der Waals surface area contributed by atoms with Gasteiger partial charge in [-0.25, -0.2) is 9.48 Å². The van der Waals surface area contributed by atoms with Crippen LogP contribution in [0, 0.1) is 0 Å². The van der Waals surface area contributed by atoms with Gasteiger partial charge in [-0.05, 0) is 49.4 Å². The van der Waals surface area contributed by atoms with Crippen LogP contribution in [0.4, 0.5) is 4.79 Å². The van der Waals surface area contributed by atoms with Gasteiger partial charge in [0.15, 0.2) is 0 Å². The van der Waals surface area contributed by atoms with Crippen LogP contribution in [0.5, 0.6) is 0 Å². The topological polar surface area (TPSA) is 70.4 Å². The maximum atomic E-state index is 12.2. The van der Waals surface area contributed by atoms with Gasteiger partial charge in [-0.15, -0.1) is 0 Å². The Kier molecular flexibility index (Phi) is 4.44. The molecule has 1 aliphatic carbocycles.